The molecule has 2 heteroatoms. The molecule has 0 saturated heterocycles. The Morgan fingerprint density at radius 1 is 1.11 bits per heavy atom. The Balaban J connectivity index is 1.83. The first kappa shape index (κ1) is 14.1. The number of H-pyrrole nitrogens is 1. The van der Waals surface area contributed by atoms with E-state index in [2.05, 4.69) is 55.3 Å². The van der Waals surface area contributed by atoms with Crippen LogP contribution < -0.4 is 5.32 Å². The van der Waals surface area contributed by atoms with Crippen molar-refractivity contribution in [3.8, 4) is 0 Å². The zero-order valence-corrected chi connectivity index (χ0v) is 12.4. The molecular weight excluding hydrogens is 232 g/mol. The van der Waals surface area contributed by atoms with E-state index in [0.717, 1.165) is 12.5 Å². The van der Waals surface area contributed by atoms with Crippen LogP contribution in [-0.4, -0.2) is 11.0 Å². The maximum Gasteiger partial charge on any atom is 0.0457 e. The molecule has 2 rings (SSSR count). The molecule has 1 heterocycles. The van der Waals surface area contributed by atoms with E-state index in [-0.39, 0.29) is 0 Å². The van der Waals surface area contributed by atoms with E-state index < -0.39 is 0 Å². The predicted molar refractivity (Wildman–Crippen MR) is 83.3 cm³/mol. The minimum atomic E-state index is 0.591. The maximum absolute atomic E-state index is 3.64. The molecule has 0 saturated carbocycles. The summed E-state index contributed by atoms with van der Waals surface area (Å²) in [7, 11) is 0. The molecule has 1 aromatic heterocycles. The summed E-state index contributed by atoms with van der Waals surface area (Å²) in [5, 5.41) is 4.98. The third kappa shape index (κ3) is 4.10. The van der Waals surface area contributed by atoms with Crippen LogP contribution in [0.5, 0.6) is 0 Å². The van der Waals surface area contributed by atoms with Crippen LogP contribution in [0.4, 0.5) is 0 Å². The summed E-state index contributed by atoms with van der Waals surface area (Å²) >= 11 is 0. The van der Waals surface area contributed by atoms with Crippen molar-refractivity contribution in [1.82, 2.24) is 10.3 Å². The van der Waals surface area contributed by atoms with Crippen molar-refractivity contribution >= 4 is 10.9 Å². The zero-order valence-electron chi connectivity index (χ0n) is 12.4. The molecule has 0 amide bonds. The summed E-state index contributed by atoms with van der Waals surface area (Å²) in [6.45, 7) is 7.84. The van der Waals surface area contributed by atoms with Crippen LogP contribution in [-0.2, 0) is 6.54 Å². The molecule has 0 fully saturated rings. The fourth-order valence-corrected chi connectivity index (χ4v) is 2.52. The van der Waals surface area contributed by atoms with Crippen LogP contribution in [0.25, 0.3) is 10.9 Å². The maximum atomic E-state index is 3.64. The van der Waals surface area contributed by atoms with Gasteiger partial charge in [-0.15, -0.1) is 0 Å². The molecule has 2 N–H and O–H groups in total. The highest BCUT2D eigenvalue weighted by Crippen LogP contribution is 2.17. The molecule has 2 nitrogen and oxygen atoms in total. The average Bonchev–Trinajstić information content (AvgIpc) is 2.84. The third-order valence-corrected chi connectivity index (χ3v) is 3.74. The van der Waals surface area contributed by atoms with Crippen molar-refractivity contribution in [3.05, 3.63) is 36.0 Å². The van der Waals surface area contributed by atoms with Gasteiger partial charge in [0.25, 0.3) is 0 Å². The van der Waals surface area contributed by atoms with Gasteiger partial charge < -0.3 is 10.3 Å². The number of aromatic nitrogens is 1. The highest BCUT2D eigenvalue weighted by molar-refractivity contribution is 5.82. The molecule has 1 unspecified atom stereocenters. The van der Waals surface area contributed by atoms with E-state index in [4.69, 9.17) is 0 Å². The topological polar surface area (TPSA) is 27.8 Å². The van der Waals surface area contributed by atoms with Crippen molar-refractivity contribution in [2.75, 3.05) is 0 Å². The summed E-state index contributed by atoms with van der Waals surface area (Å²) in [6, 6.07) is 9.22. The average molecular weight is 258 g/mol. The van der Waals surface area contributed by atoms with Gasteiger partial charge in [0.15, 0.2) is 0 Å². The first-order chi connectivity index (χ1) is 9.16. The monoisotopic (exact) mass is 258 g/mol. The first-order valence-corrected chi connectivity index (χ1v) is 7.45. The van der Waals surface area contributed by atoms with Crippen LogP contribution >= 0.6 is 0 Å². The standard InChI is InChI=1S/C17H26N2/c1-13(2)6-4-7-14(3)19-12-15-8-5-9-17-16(15)10-11-18-17/h5,8-11,13-14,18-19H,4,6-7,12H2,1-3H3. The molecule has 2 aromatic rings. The summed E-state index contributed by atoms with van der Waals surface area (Å²) in [5.74, 6) is 0.820. The van der Waals surface area contributed by atoms with Gasteiger partial charge in [-0.3, -0.25) is 0 Å². The largest absolute Gasteiger partial charge is 0.361 e. The molecule has 0 aliphatic carbocycles. The molecule has 104 valence electrons. The Morgan fingerprint density at radius 3 is 2.74 bits per heavy atom. The second-order valence-electron chi connectivity index (χ2n) is 5.96. The Hall–Kier alpha value is -1.28. The van der Waals surface area contributed by atoms with Crippen molar-refractivity contribution < 1.29 is 0 Å². The van der Waals surface area contributed by atoms with E-state index >= 15 is 0 Å². The molecule has 0 bridgehead atoms. The number of hydrogen-bond acceptors (Lipinski definition) is 1. The van der Waals surface area contributed by atoms with E-state index in [1.807, 2.05) is 6.20 Å². The minimum absolute atomic E-state index is 0.591. The molecule has 19 heavy (non-hydrogen) atoms. The fraction of sp³-hybridized carbons (Fsp3) is 0.529. The van der Waals surface area contributed by atoms with Crippen molar-refractivity contribution in [2.45, 2.75) is 52.6 Å². The number of nitrogens with one attached hydrogen (secondary N) is 2. The van der Waals surface area contributed by atoms with E-state index in [0.29, 0.717) is 6.04 Å². The molecule has 0 aliphatic heterocycles. The lowest BCUT2D eigenvalue weighted by Gasteiger charge is -2.15. The lowest BCUT2D eigenvalue weighted by molar-refractivity contribution is 0.457. The lowest BCUT2D eigenvalue weighted by atomic mass is 10.0. The van der Waals surface area contributed by atoms with E-state index in [1.54, 1.807) is 0 Å². The van der Waals surface area contributed by atoms with Gasteiger partial charge in [0.2, 0.25) is 0 Å². The van der Waals surface area contributed by atoms with E-state index in [1.165, 1.54) is 35.7 Å². The first-order valence-electron chi connectivity index (χ1n) is 7.45. The summed E-state index contributed by atoms with van der Waals surface area (Å²) in [5.41, 5.74) is 2.61. The molecule has 0 spiro atoms. The quantitative estimate of drug-likeness (QED) is 0.753. The van der Waals surface area contributed by atoms with Gasteiger partial charge in [0.1, 0.15) is 0 Å². The number of fused-ring (bicyclic) bond motifs is 1. The van der Waals surface area contributed by atoms with Crippen molar-refractivity contribution in [1.29, 1.82) is 0 Å². The molecule has 1 aromatic carbocycles. The predicted octanol–water partition coefficient (Wildman–Crippen LogP) is 4.47. The van der Waals surface area contributed by atoms with Crippen LogP contribution in [0, 0.1) is 5.92 Å². The van der Waals surface area contributed by atoms with Gasteiger partial charge in [-0.05, 0) is 37.0 Å². The summed E-state index contributed by atoms with van der Waals surface area (Å²) in [4.78, 5) is 3.27. The number of benzene rings is 1. The van der Waals surface area contributed by atoms with Crippen molar-refractivity contribution in [2.24, 2.45) is 5.92 Å². The molecular formula is C17H26N2. The number of aromatic amines is 1. The van der Waals surface area contributed by atoms with Gasteiger partial charge in [-0.2, -0.15) is 0 Å². The van der Waals surface area contributed by atoms with Gasteiger partial charge >= 0.3 is 0 Å². The van der Waals surface area contributed by atoms with Crippen molar-refractivity contribution in [3.63, 3.8) is 0 Å². The SMILES string of the molecule is CC(C)CCCC(C)NCc1cccc2[nH]ccc12. The normalized spacial score (nSPS) is 13.3. The van der Waals surface area contributed by atoms with Crippen LogP contribution in [0.1, 0.15) is 45.6 Å². The van der Waals surface area contributed by atoms with Crippen LogP contribution in [0.3, 0.4) is 0 Å². The second-order valence-corrected chi connectivity index (χ2v) is 5.96. The highest BCUT2D eigenvalue weighted by atomic mass is 14.9. The Kier molecular flexibility index (Phi) is 5.03. The molecule has 0 radical (unpaired) electrons. The fourth-order valence-electron chi connectivity index (χ4n) is 2.52. The second kappa shape index (κ2) is 6.76. The highest BCUT2D eigenvalue weighted by Gasteiger charge is 2.05. The van der Waals surface area contributed by atoms with Gasteiger partial charge in [0, 0.05) is 29.7 Å². The molecule has 0 aliphatic rings. The van der Waals surface area contributed by atoms with Gasteiger partial charge in [-0.25, -0.2) is 0 Å². The molecule has 1 atom stereocenters. The number of rotatable bonds is 7. The lowest BCUT2D eigenvalue weighted by Crippen LogP contribution is -2.25. The third-order valence-electron chi connectivity index (χ3n) is 3.74. The van der Waals surface area contributed by atoms with Crippen LogP contribution in [0.15, 0.2) is 30.5 Å². The number of hydrogen-bond donors (Lipinski definition) is 2. The van der Waals surface area contributed by atoms with Crippen LogP contribution in [0.2, 0.25) is 0 Å². The Labute approximate surface area is 116 Å². The van der Waals surface area contributed by atoms with Gasteiger partial charge in [-0.1, -0.05) is 38.8 Å². The Morgan fingerprint density at radius 2 is 1.95 bits per heavy atom. The summed E-state index contributed by atoms with van der Waals surface area (Å²) in [6.07, 6.45) is 5.93. The minimum Gasteiger partial charge on any atom is -0.361 e. The zero-order chi connectivity index (χ0) is 13.7. The smallest absolute Gasteiger partial charge is 0.0457 e. The van der Waals surface area contributed by atoms with Gasteiger partial charge in [0.05, 0.1) is 0 Å². The summed E-state index contributed by atoms with van der Waals surface area (Å²) < 4.78 is 0. The Bertz CT molecular complexity index is 499. The van der Waals surface area contributed by atoms with E-state index in [9.17, 15) is 0 Å².